The Kier molecular flexibility index (Phi) is 6.96. The molecule has 4 aromatic carbocycles. The molecule has 220 valence electrons. The van der Waals surface area contributed by atoms with E-state index in [-0.39, 0.29) is 34.0 Å². The lowest BCUT2D eigenvalue weighted by Crippen LogP contribution is -2.16. The van der Waals surface area contributed by atoms with E-state index < -0.39 is 22.7 Å². The van der Waals surface area contributed by atoms with Crippen LogP contribution in [0.5, 0.6) is 11.5 Å². The first-order valence-electron chi connectivity index (χ1n) is 13.3. The van der Waals surface area contributed by atoms with Crippen LogP contribution in [0.4, 0.5) is 24.5 Å². The first-order chi connectivity index (χ1) is 21.0. The van der Waals surface area contributed by atoms with Gasteiger partial charge in [0, 0.05) is 17.7 Å². The van der Waals surface area contributed by atoms with E-state index in [0.717, 1.165) is 34.8 Å². The molecule has 0 radical (unpaired) electrons. The van der Waals surface area contributed by atoms with E-state index >= 15 is 0 Å². The Morgan fingerprint density at radius 2 is 1.64 bits per heavy atom. The van der Waals surface area contributed by atoms with Crippen molar-refractivity contribution in [1.29, 1.82) is 0 Å². The predicted octanol–water partition coefficient (Wildman–Crippen LogP) is 8.14. The third-order valence-corrected chi connectivity index (χ3v) is 6.86. The van der Waals surface area contributed by atoms with Gasteiger partial charge in [-0.1, -0.05) is 48.5 Å². The molecule has 1 N–H and O–H groups in total. The number of nitrogens with one attached hydrogen (secondary N) is 1. The van der Waals surface area contributed by atoms with E-state index in [1.165, 1.54) is 12.1 Å². The molecule has 9 nitrogen and oxygen atoms in total. The monoisotopic (exact) mass is 597 g/mol. The van der Waals surface area contributed by atoms with Gasteiger partial charge in [-0.3, -0.25) is 14.9 Å². The lowest BCUT2D eigenvalue weighted by atomic mass is 10.0. The van der Waals surface area contributed by atoms with Crippen molar-refractivity contribution < 1.29 is 27.6 Å². The van der Waals surface area contributed by atoms with Crippen molar-refractivity contribution in [3.05, 3.63) is 124 Å². The number of carbonyl (C=O) groups excluding carboxylic acids is 1. The van der Waals surface area contributed by atoms with Gasteiger partial charge in [0.2, 0.25) is 0 Å². The third-order valence-electron chi connectivity index (χ3n) is 6.86. The second kappa shape index (κ2) is 10.8. The zero-order chi connectivity index (χ0) is 31.2. The van der Waals surface area contributed by atoms with Gasteiger partial charge in [-0.25, -0.2) is 9.50 Å². The molecular formula is C32H22F3N5O4. The van der Waals surface area contributed by atoms with Crippen molar-refractivity contribution in [2.24, 2.45) is 0 Å². The molecule has 0 saturated carbocycles. The molecule has 2 heterocycles. The molecule has 6 aromatic rings. The molecule has 0 unspecified atom stereocenters. The Morgan fingerprint density at radius 3 is 2.36 bits per heavy atom. The van der Waals surface area contributed by atoms with Crippen LogP contribution in [0, 0.1) is 24.0 Å². The van der Waals surface area contributed by atoms with Crippen molar-refractivity contribution >= 4 is 33.7 Å². The molecule has 44 heavy (non-hydrogen) atoms. The SMILES string of the molecule is Cc1cc(C)cc(Oc2cc(NC(=O)c3cnn4c(C(F)(F)F)cc(-c5cccc6ccccc56)nc34)cc([N+](=O)[O-])c2)c1. The van der Waals surface area contributed by atoms with E-state index in [2.05, 4.69) is 15.4 Å². The average molecular weight is 598 g/mol. The minimum Gasteiger partial charge on any atom is -0.457 e. The number of hydrogen-bond acceptors (Lipinski definition) is 6. The number of ether oxygens (including phenoxy) is 1. The maximum atomic E-state index is 14.2. The number of anilines is 1. The van der Waals surface area contributed by atoms with Gasteiger partial charge in [-0.05, 0) is 53.9 Å². The van der Waals surface area contributed by atoms with Crippen LogP contribution in [0.25, 0.3) is 27.7 Å². The number of benzene rings is 4. The van der Waals surface area contributed by atoms with Crippen LogP contribution >= 0.6 is 0 Å². The van der Waals surface area contributed by atoms with Gasteiger partial charge in [-0.2, -0.15) is 18.3 Å². The molecule has 0 aliphatic heterocycles. The normalized spacial score (nSPS) is 11.6. The van der Waals surface area contributed by atoms with E-state index in [0.29, 0.717) is 21.2 Å². The second-order valence-electron chi connectivity index (χ2n) is 10.2. The lowest BCUT2D eigenvalue weighted by molar-refractivity contribution is -0.384. The number of alkyl halides is 3. The van der Waals surface area contributed by atoms with Crippen LogP contribution in [0.3, 0.4) is 0 Å². The molecule has 0 bridgehead atoms. The zero-order valence-corrected chi connectivity index (χ0v) is 23.2. The molecule has 12 heteroatoms. The molecule has 6 rings (SSSR count). The number of rotatable bonds is 6. The summed E-state index contributed by atoms with van der Waals surface area (Å²) in [5.41, 5.74) is 0.177. The number of aryl methyl sites for hydroxylation is 2. The highest BCUT2D eigenvalue weighted by Gasteiger charge is 2.36. The quantitative estimate of drug-likeness (QED) is 0.153. The molecule has 2 aromatic heterocycles. The number of halogens is 3. The van der Waals surface area contributed by atoms with E-state index in [1.54, 1.807) is 36.4 Å². The summed E-state index contributed by atoms with van der Waals surface area (Å²) in [5.74, 6) is -0.351. The summed E-state index contributed by atoms with van der Waals surface area (Å²) in [7, 11) is 0. The predicted molar refractivity (Wildman–Crippen MR) is 158 cm³/mol. The highest BCUT2D eigenvalue weighted by Crippen LogP contribution is 2.36. The van der Waals surface area contributed by atoms with Crippen LogP contribution in [0.2, 0.25) is 0 Å². The van der Waals surface area contributed by atoms with Gasteiger partial charge < -0.3 is 10.1 Å². The fraction of sp³-hybridized carbons (Fsp3) is 0.0938. The highest BCUT2D eigenvalue weighted by molar-refractivity contribution is 6.08. The fourth-order valence-electron chi connectivity index (χ4n) is 5.06. The molecule has 0 saturated heterocycles. The zero-order valence-electron chi connectivity index (χ0n) is 23.2. The molecule has 0 spiro atoms. The van der Waals surface area contributed by atoms with Crippen LogP contribution in [-0.2, 0) is 6.18 Å². The van der Waals surface area contributed by atoms with Crippen LogP contribution in [-0.4, -0.2) is 25.4 Å². The number of non-ortho nitro benzene ring substituents is 1. The van der Waals surface area contributed by atoms with Crippen molar-refractivity contribution in [2.75, 3.05) is 5.32 Å². The fourth-order valence-corrected chi connectivity index (χ4v) is 5.06. The van der Waals surface area contributed by atoms with Crippen molar-refractivity contribution in [1.82, 2.24) is 14.6 Å². The minimum atomic E-state index is -4.82. The largest absolute Gasteiger partial charge is 0.457 e. The highest BCUT2D eigenvalue weighted by atomic mass is 19.4. The van der Waals surface area contributed by atoms with Gasteiger partial charge >= 0.3 is 6.18 Å². The number of aromatic nitrogens is 3. The van der Waals surface area contributed by atoms with Crippen LogP contribution < -0.4 is 10.1 Å². The van der Waals surface area contributed by atoms with Crippen molar-refractivity contribution in [2.45, 2.75) is 20.0 Å². The Hall–Kier alpha value is -5.78. The molecule has 0 aliphatic carbocycles. The molecule has 0 aliphatic rings. The molecule has 0 fully saturated rings. The molecular weight excluding hydrogens is 575 g/mol. The maximum Gasteiger partial charge on any atom is 0.433 e. The number of carbonyl (C=O) groups is 1. The van der Waals surface area contributed by atoms with Crippen molar-refractivity contribution in [3.63, 3.8) is 0 Å². The minimum absolute atomic E-state index is 0.00402. The summed E-state index contributed by atoms with van der Waals surface area (Å²) in [5, 5.41) is 19.5. The summed E-state index contributed by atoms with van der Waals surface area (Å²) in [6.07, 6.45) is -3.84. The second-order valence-corrected chi connectivity index (χ2v) is 10.2. The third kappa shape index (κ3) is 5.52. The summed E-state index contributed by atoms with van der Waals surface area (Å²) in [6, 6.07) is 22.4. The van der Waals surface area contributed by atoms with Gasteiger partial charge in [0.15, 0.2) is 11.3 Å². The number of nitro groups is 1. The smallest absolute Gasteiger partial charge is 0.433 e. The van der Waals surface area contributed by atoms with E-state index in [1.807, 2.05) is 38.1 Å². The Labute approximate surface area is 247 Å². The summed E-state index contributed by atoms with van der Waals surface area (Å²) < 4.78 is 49.1. The van der Waals surface area contributed by atoms with Gasteiger partial charge in [-0.15, -0.1) is 0 Å². The Morgan fingerprint density at radius 1 is 0.932 bits per heavy atom. The van der Waals surface area contributed by atoms with Crippen LogP contribution in [0.1, 0.15) is 27.2 Å². The summed E-state index contributed by atoms with van der Waals surface area (Å²) in [4.78, 5) is 28.9. The number of hydrogen-bond donors (Lipinski definition) is 1. The maximum absolute atomic E-state index is 14.2. The van der Waals surface area contributed by atoms with E-state index in [9.17, 15) is 28.1 Å². The standard InChI is InChI=1S/C32H22F3N5O4/c1-18-10-19(2)12-23(11-18)44-24-14-21(13-22(15-24)40(42)43)37-31(41)27-17-36-39-29(32(33,34)35)16-28(38-30(27)39)26-9-5-7-20-6-3-4-8-25(20)26/h3-17H,1-2H3,(H,37,41). The average Bonchev–Trinajstić information content (AvgIpc) is 3.39. The summed E-state index contributed by atoms with van der Waals surface area (Å²) >= 11 is 0. The first kappa shape index (κ1) is 28.3. The molecule has 1 amide bonds. The van der Waals surface area contributed by atoms with Gasteiger partial charge in [0.05, 0.1) is 28.6 Å². The first-order valence-corrected chi connectivity index (χ1v) is 13.3. The Bertz CT molecular complexity index is 2080. The number of amides is 1. The number of fused-ring (bicyclic) bond motifs is 2. The molecule has 0 atom stereocenters. The van der Waals surface area contributed by atoms with E-state index in [4.69, 9.17) is 4.74 Å². The van der Waals surface area contributed by atoms with Gasteiger partial charge in [0.25, 0.3) is 11.6 Å². The number of nitro benzene ring substituents is 1. The van der Waals surface area contributed by atoms with Crippen LogP contribution in [0.15, 0.2) is 91.1 Å². The van der Waals surface area contributed by atoms with Crippen molar-refractivity contribution in [3.8, 4) is 22.8 Å². The van der Waals surface area contributed by atoms with Gasteiger partial charge in [0.1, 0.15) is 17.1 Å². The Balaban J connectivity index is 1.42. The summed E-state index contributed by atoms with van der Waals surface area (Å²) in [6.45, 7) is 3.75. The number of nitrogens with zero attached hydrogens (tertiary/aromatic N) is 4. The topological polar surface area (TPSA) is 112 Å². The lowest BCUT2D eigenvalue weighted by Gasteiger charge is -2.13.